The number of nitrogens with one attached hydrogen (secondary N) is 1. The summed E-state index contributed by atoms with van der Waals surface area (Å²) in [6, 6.07) is 8.89. The molecule has 1 unspecified atom stereocenters. The summed E-state index contributed by atoms with van der Waals surface area (Å²) in [5.41, 5.74) is 4.05. The lowest BCUT2D eigenvalue weighted by atomic mass is 9.98. The van der Waals surface area contributed by atoms with Crippen LogP contribution in [0, 0.1) is 6.92 Å². The highest BCUT2D eigenvalue weighted by Gasteiger charge is 2.12. The average Bonchev–Trinajstić information content (AvgIpc) is 2.81. The van der Waals surface area contributed by atoms with Gasteiger partial charge in [0.25, 0.3) is 0 Å². The fraction of sp³-hybridized carbons (Fsp3) is 0.500. The highest BCUT2D eigenvalue weighted by Crippen LogP contribution is 2.17. The van der Waals surface area contributed by atoms with E-state index in [-0.39, 0.29) is 5.54 Å². The lowest BCUT2D eigenvalue weighted by Gasteiger charge is -2.23. The number of hydrogen-bond donors (Lipinski definition) is 1. The maximum atomic E-state index is 4.33. The zero-order chi connectivity index (χ0) is 15.5. The largest absolute Gasteiger partial charge is 0.311 e. The molecule has 3 heteroatoms. The first kappa shape index (κ1) is 15.8. The summed E-state index contributed by atoms with van der Waals surface area (Å²) in [4.78, 5) is 0. The summed E-state index contributed by atoms with van der Waals surface area (Å²) in [7, 11) is 0. The first-order chi connectivity index (χ1) is 9.83. The summed E-state index contributed by atoms with van der Waals surface area (Å²) < 4.78 is 1.98. The van der Waals surface area contributed by atoms with Crippen molar-refractivity contribution < 1.29 is 0 Å². The number of hydrogen-bond acceptors (Lipinski definition) is 2. The van der Waals surface area contributed by atoms with Crippen molar-refractivity contribution in [2.45, 2.75) is 52.6 Å². The van der Waals surface area contributed by atoms with Crippen LogP contribution in [-0.4, -0.2) is 21.9 Å². The molecule has 2 rings (SSSR count). The van der Waals surface area contributed by atoms with Gasteiger partial charge in [-0.1, -0.05) is 31.2 Å². The Balaban J connectivity index is 1.95. The van der Waals surface area contributed by atoms with E-state index in [4.69, 9.17) is 0 Å². The Morgan fingerprint density at radius 2 is 1.86 bits per heavy atom. The Bertz CT molecular complexity index is 561. The predicted octanol–water partition coefficient (Wildman–Crippen LogP) is 3.73. The molecular weight excluding hydrogens is 258 g/mol. The van der Waals surface area contributed by atoms with Crippen molar-refractivity contribution in [3.63, 3.8) is 0 Å². The molecular formula is C18H27N3. The van der Waals surface area contributed by atoms with Gasteiger partial charge in [-0.2, -0.15) is 5.10 Å². The molecule has 0 aliphatic rings. The van der Waals surface area contributed by atoms with E-state index in [1.54, 1.807) is 0 Å². The van der Waals surface area contributed by atoms with Crippen molar-refractivity contribution >= 4 is 0 Å². The van der Waals surface area contributed by atoms with Gasteiger partial charge < -0.3 is 5.32 Å². The molecule has 2 aromatic rings. The molecule has 0 radical (unpaired) electrons. The zero-order valence-corrected chi connectivity index (χ0v) is 13.9. The second-order valence-corrected chi connectivity index (χ2v) is 6.99. The Morgan fingerprint density at radius 1 is 1.19 bits per heavy atom. The van der Waals surface area contributed by atoms with Gasteiger partial charge in [0.05, 0.1) is 12.7 Å². The molecule has 1 aromatic heterocycles. The molecule has 114 valence electrons. The standard InChI is InChI=1S/C18H27N3/c1-14-10-20-21(12-14)13-16-6-8-17(9-7-16)15(2)11-19-18(3,4)5/h6-10,12,15,19H,11,13H2,1-5H3. The van der Waals surface area contributed by atoms with E-state index >= 15 is 0 Å². The van der Waals surface area contributed by atoms with E-state index in [1.165, 1.54) is 16.7 Å². The second-order valence-electron chi connectivity index (χ2n) is 6.99. The van der Waals surface area contributed by atoms with Gasteiger partial charge in [-0.3, -0.25) is 4.68 Å². The van der Waals surface area contributed by atoms with E-state index in [0.29, 0.717) is 5.92 Å². The number of nitrogens with zero attached hydrogens (tertiary/aromatic N) is 2. The van der Waals surface area contributed by atoms with Crippen molar-refractivity contribution in [3.8, 4) is 0 Å². The highest BCUT2D eigenvalue weighted by atomic mass is 15.3. The zero-order valence-electron chi connectivity index (χ0n) is 13.9. The number of benzene rings is 1. The highest BCUT2D eigenvalue weighted by molar-refractivity contribution is 5.25. The minimum atomic E-state index is 0.173. The molecule has 0 saturated heterocycles. The van der Waals surface area contributed by atoms with Crippen LogP contribution in [0.2, 0.25) is 0 Å². The van der Waals surface area contributed by atoms with Crippen molar-refractivity contribution in [2.24, 2.45) is 0 Å². The molecule has 0 saturated carbocycles. The van der Waals surface area contributed by atoms with Gasteiger partial charge >= 0.3 is 0 Å². The van der Waals surface area contributed by atoms with Crippen molar-refractivity contribution in [1.82, 2.24) is 15.1 Å². The Morgan fingerprint density at radius 3 is 2.38 bits per heavy atom. The number of aromatic nitrogens is 2. The molecule has 0 spiro atoms. The van der Waals surface area contributed by atoms with Crippen LogP contribution >= 0.6 is 0 Å². The average molecular weight is 285 g/mol. The first-order valence-corrected chi connectivity index (χ1v) is 7.66. The molecule has 0 aliphatic carbocycles. The number of aryl methyl sites for hydroxylation is 1. The summed E-state index contributed by atoms with van der Waals surface area (Å²) in [5, 5.41) is 7.89. The lowest BCUT2D eigenvalue weighted by Crippen LogP contribution is -2.38. The SMILES string of the molecule is Cc1cnn(Cc2ccc(C(C)CNC(C)(C)C)cc2)c1. The fourth-order valence-electron chi connectivity index (χ4n) is 2.27. The third-order valence-electron chi connectivity index (χ3n) is 3.59. The van der Waals surface area contributed by atoms with Crippen molar-refractivity contribution in [1.29, 1.82) is 0 Å². The van der Waals surface area contributed by atoms with Gasteiger partial charge in [0, 0.05) is 18.3 Å². The van der Waals surface area contributed by atoms with Crippen LogP contribution in [0.1, 0.15) is 50.3 Å². The first-order valence-electron chi connectivity index (χ1n) is 7.66. The van der Waals surface area contributed by atoms with Gasteiger partial charge in [-0.05, 0) is 50.3 Å². The molecule has 21 heavy (non-hydrogen) atoms. The molecule has 1 atom stereocenters. The van der Waals surface area contributed by atoms with E-state index in [0.717, 1.165) is 13.1 Å². The minimum Gasteiger partial charge on any atom is -0.311 e. The van der Waals surface area contributed by atoms with E-state index in [9.17, 15) is 0 Å². The van der Waals surface area contributed by atoms with Crippen LogP contribution in [-0.2, 0) is 6.54 Å². The molecule has 0 aliphatic heterocycles. The number of rotatable bonds is 5. The van der Waals surface area contributed by atoms with Crippen molar-refractivity contribution in [3.05, 3.63) is 53.3 Å². The smallest absolute Gasteiger partial charge is 0.0659 e. The van der Waals surface area contributed by atoms with Crippen LogP contribution in [0.3, 0.4) is 0 Å². The van der Waals surface area contributed by atoms with Crippen LogP contribution in [0.15, 0.2) is 36.7 Å². The minimum absolute atomic E-state index is 0.173. The topological polar surface area (TPSA) is 29.9 Å². The molecule has 1 heterocycles. The summed E-state index contributed by atoms with van der Waals surface area (Å²) in [6.07, 6.45) is 3.97. The molecule has 3 nitrogen and oxygen atoms in total. The van der Waals surface area contributed by atoms with Gasteiger partial charge in [0.1, 0.15) is 0 Å². The van der Waals surface area contributed by atoms with Gasteiger partial charge in [0.15, 0.2) is 0 Å². The molecule has 0 fully saturated rings. The molecule has 0 bridgehead atoms. The lowest BCUT2D eigenvalue weighted by molar-refractivity contribution is 0.412. The third kappa shape index (κ3) is 5.01. The van der Waals surface area contributed by atoms with E-state index < -0.39 is 0 Å². The van der Waals surface area contributed by atoms with Crippen LogP contribution in [0.4, 0.5) is 0 Å². The van der Waals surface area contributed by atoms with Crippen LogP contribution < -0.4 is 5.32 Å². The maximum absolute atomic E-state index is 4.33. The normalized spacial score (nSPS) is 13.4. The monoisotopic (exact) mass is 285 g/mol. The van der Waals surface area contributed by atoms with Gasteiger partial charge in [0.2, 0.25) is 0 Å². The van der Waals surface area contributed by atoms with Crippen molar-refractivity contribution in [2.75, 3.05) is 6.54 Å². The molecule has 0 amide bonds. The Labute approximate surface area is 128 Å². The third-order valence-corrected chi connectivity index (χ3v) is 3.59. The van der Waals surface area contributed by atoms with Gasteiger partial charge in [-0.25, -0.2) is 0 Å². The van der Waals surface area contributed by atoms with Crippen LogP contribution in [0.25, 0.3) is 0 Å². The van der Waals surface area contributed by atoms with Crippen LogP contribution in [0.5, 0.6) is 0 Å². The summed E-state index contributed by atoms with van der Waals surface area (Å²) in [6.45, 7) is 12.8. The predicted molar refractivity (Wildman–Crippen MR) is 88.7 cm³/mol. The molecule has 1 N–H and O–H groups in total. The molecule has 1 aromatic carbocycles. The maximum Gasteiger partial charge on any atom is 0.0659 e. The quantitative estimate of drug-likeness (QED) is 0.907. The summed E-state index contributed by atoms with van der Waals surface area (Å²) >= 11 is 0. The Hall–Kier alpha value is -1.61. The fourth-order valence-corrected chi connectivity index (χ4v) is 2.27. The summed E-state index contributed by atoms with van der Waals surface area (Å²) in [5.74, 6) is 0.519. The van der Waals surface area contributed by atoms with Gasteiger partial charge in [-0.15, -0.1) is 0 Å². The second kappa shape index (κ2) is 6.44. The Kier molecular flexibility index (Phi) is 4.84. The van der Waals surface area contributed by atoms with E-state index in [1.807, 2.05) is 10.9 Å². The van der Waals surface area contributed by atoms with E-state index in [2.05, 4.69) is 75.5 Å².